The predicted octanol–water partition coefficient (Wildman–Crippen LogP) is 4.45. The molecule has 0 bridgehead atoms. The molecule has 1 aromatic heterocycles. The average Bonchev–Trinajstić information content (AvgIpc) is 3.38. The Balaban J connectivity index is 1.75. The molecule has 0 saturated heterocycles. The zero-order valence-corrected chi connectivity index (χ0v) is 17.2. The molecule has 4 rings (SSSR count). The smallest absolute Gasteiger partial charge is 0.332 e. The van der Waals surface area contributed by atoms with Crippen molar-refractivity contribution >= 4 is 28.3 Å². The van der Waals surface area contributed by atoms with Gasteiger partial charge in [-0.25, -0.2) is 4.79 Å². The van der Waals surface area contributed by atoms with Crippen molar-refractivity contribution in [3.05, 3.63) is 93.8 Å². The van der Waals surface area contributed by atoms with Crippen molar-refractivity contribution in [1.29, 1.82) is 0 Å². The van der Waals surface area contributed by atoms with Gasteiger partial charge in [0.2, 0.25) is 0 Å². The van der Waals surface area contributed by atoms with Crippen LogP contribution in [0, 0.1) is 10.1 Å². The molecule has 2 aromatic carbocycles. The number of allylic oxidation sites excluding steroid dienone is 1. The molecule has 8 heteroatoms. The molecule has 31 heavy (non-hydrogen) atoms. The van der Waals surface area contributed by atoms with E-state index in [4.69, 9.17) is 4.74 Å². The second-order valence-corrected chi connectivity index (χ2v) is 7.16. The Bertz CT molecular complexity index is 1180. The number of benzene rings is 2. The van der Waals surface area contributed by atoms with Crippen molar-refractivity contribution in [2.24, 2.45) is 0 Å². The number of nitro groups is 1. The van der Waals surface area contributed by atoms with Gasteiger partial charge in [0.1, 0.15) is 6.04 Å². The van der Waals surface area contributed by atoms with Gasteiger partial charge in [-0.2, -0.15) is 0 Å². The highest BCUT2D eigenvalue weighted by Crippen LogP contribution is 2.35. The van der Waals surface area contributed by atoms with E-state index in [2.05, 4.69) is 16.5 Å². The number of ether oxygens (including phenoxy) is 1. The van der Waals surface area contributed by atoms with Gasteiger partial charge in [0.25, 0.3) is 5.69 Å². The van der Waals surface area contributed by atoms with Crippen LogP contribution in [0.1, 0.15) is 31.1 Å². The molecule has 0 saturated carbocycles. The number of aromatic nitrogens is 1. The summed E-state index contributed by atoms with van der Waals surface area (Å²) in [7, 11) is 0. The summed E-state index contributed by atoms with van der Waals surface area (Å²) < 4.78 is 5.05. The number of aromatic amines is 1. The van der Waals surface area contributed by atoms with Crippen molar-refractivity contribution in [3.63, 3.8) is 0 Å². The lowest BCUT2D eigenvalue weighted by Gasteiger charge is -2.27. The summed E-state index contributed by atoms with van der Waals surface area (Å²) in [6, 6.07) is 16.2. The molecule has 0 fully saturated rings. The molecular weight excluding hydrogens is 396 g/mol. The molecule has 3 aromatic rings. The van der Waals surface area contributed by atoms with Gasteiger partial charge in [-0.1, -0.05) is 30.3 Å². The quantitative estimate of drug-likeness (QED) is 0.266. The van der Waals surface area contributed by atoms with E-state index in [1.54, 1.807) is 13.0 Å². The Morgan fingerprint density at radius 2 is 2.03 bits per heavy atom. The minimum absolute atomic E-state index is 0.0135. The van der Waals surface area contributed by atoms with Crippen LogP contribution in [0.15, 0.2) is 72.4 Å². The Kier molecular flexibility index (Phi) is 5.44. The third kappa shape index (κ3) is 4.13. The van der Waals surface area contributed by atoms with Crippen LogP contribution in [0.2, 0.25) is 0 Å². The molecule has 0 amide bonds. The van der Waals surface area contributed by atoms with Crippen LogP contribution in [0.4, 0.5) is 5.69 Å². The summed E-state index contributed by atoms with van der Waals surface area (Å²) in [6.07, 6.45) is 3.41. The second-order valence-electron chi connectivity index (χ2n) is 7.16. The summed E-state index contributed by atoms with van der Waals surface area (Å²) >= 11 is 0. The highest BCUT2D eigenvalue weighted by molar-refractivity contribution is 5.83. The van der Waals surface area contributed by atoms with Crippen molar-refractivity contribution in [2.75, 3.05) is 6.61 Å². The highest BCUT2D eigenvalue weighted by Gasteiger charge is 2.29. The molecule has 0 spiro atoms. The standard InChI is InChI=1S/C23H22N4O4/c1-3-31-23(28)11-15(2)26-22(21-13-17-7-4-5-10-19(17)24-21)14-20(25-26)16-8-6-9-18(12-16)27(29)30/h4-14,22,24-25H,3H2,1-2H3/b15-11-/t22-/m1/s1. The Morgan fingerprint density at radius 3 is 2.77 bits per heavy atom. The van der Waals surface area contributed by atoms with Gasteiger partial charge in [0.15, 0.2) is 0 Å². The number of hydrogen-bond donors (Lipinski definition) is 2. The number of rotatable bonds is 6. The van der Waals surface area contributed by atoms with Gasteiger partial charge in [0.05, 0.1) is 17.2 Å². The van der Waals surface area contributed by atoms with Gasteiger partial charge in [-0.15, -0.1) is 0 Å². The number of carbonyl (C=O) groups is 1. The highest BCUT2D eigenvalue weighted by atomic mass is 16.6. The predicted molar refractivity (Wildman–Crippen MR) is 117 cm³/mol. The van der Waals surface area contributed by atoms with Crippen molar-refractivity contribution < 1.29 is 14.5 Å². The molecule has 0 aliphatic carbocycles. The van der Waals surface area contributed by atoms with Crippen molar-refractivity contribution in [1.82, 2.24) is 15.4 Å². The molecule has 0 unspecified atom stereocenters. The summed E-state index contributed by atoms with van der Waals surface area (Å²) in [5.41, 5.74) is 7.27. The van der Waals surface area contributed by atoms with Crippen LogP contribution < -0.4 is 5.43 Å². The molecule has 8 nitrogen and oxygen atoms in total. The number of fused-ring (bicyclic) bond motifs is 1. The summed E-state index contributed by atoms with van der Waals surface area (Å²) in [5, 5.41) is 14.1. The maximum absolute atomic E-state index is 12.0. The average molecular weight is 418 g/mol. The fourth-order valence-electron chi connectivity index (χ4n) is 3.63. The van der Waals surface area contributed by atoms with Crippen molar-refractivity contribution in [3.8, 4) is 0 Å². The molecular formula is C23H22N4O4. The number of para-hydroxylation sites is 1. The van der Waals surface area contributed by atoms with E-state index in [1.807, 2.05) is 48.3 Å². The molecule has 2 N–H and O–H groups in total. The molecule has 1 aliphatic heterocycles. The lowest BCUT2D eigenvalue weighted by atomic mass is 10.1. The third-order valence-electron chi connectivity index (χ3n) is 5.07. The normalized spacial score (nSPS) is 16.2. The lowest BCUT2D eigenvalue weighted by molar-refractivity contribution is -0.384. The largest absolute Gasteiger partial charge is 0.463 e. The first-order valence-corrected chi connectivity index (χ1v) is 9.91. The number of non-ortho nitro benzene ring substituents is 1. The first-order valence-electron chi connectivity index (χ1n) is 9.91. The van der Waals surface area contributed by atoms with Gasteiger partial charge >= 0.3 is 5.97 Å². The van der Waals surface area contributed by atoms with E-state index in [1.165, 1.54) is 18.2 Å². The van der Waals surface area contributed by atoms with Gasteiger partial charge < -0.3 is 9.72 Å². The number of H-pyrrole nitrogens is 1. The third-order valence-corrected chi connectivity index (χ3v) is 5.07. The fraction of sp³-hybridized carbons (Fsp3) is 0.174. The molecule has 1 aliphatic rings. The van der Waals surface area contributed by atoms with Crippen LogP contribution in [0.5, 0.6) is 0 Å². The minimum Gasteiger partial charge on any atom is -0.463 e. The van der Waals surface area contributed by atoms with Crippen LogP contribution >= 0.6 is 0 Å². The number of esters is 1. The zero-order valence-electron chi connectivity index (χ0n) is 17.2. The first-order chi connectivity index (χ1) is 15.0. The van der Waals surface area contributed by atoms with E-state index in [0.717, 1.165) is 16.6 Å². The minimum atomic E-state index is -0.430. The summed E-state index contributed by atoms with van der Waals surface area (Å²) in [5.74, 6) is -0.430. The molecule has 158 valence electrons. The topological polar surface area (TPSA) is 100 Å². The summed E-state index contributed by atoms with van der Waals surface area (Å²) in [4.78, 5) is 26.2. The van der Waals surface area contributed by atoms with E-state index in [9.17, 15) is 14.9 Å². The molecule has 1 atom stereocenters. The van der Waals surface area contributed by atoms with Gasteiger partial charge in [0, 0.05) is 40.7 Å². The molecule has 2 heterocycles. The van der Waals surface area contributed by atoms with Gasteiger partial charge in [-0.3, -0.25) is 20.5 Å². The zero-order chi connectivity index (χ0) is 22.0. The number of carbonyl (C=O) groups excluding carboxylic acids is 1. The maximum Gasteiger partial charge on any atom is 0.332 e. The van der Waals surface area contributed by atoms with E-state index in [0.29, 0.717) is 23.6 Å². The van der Waals surface area contributed by atoms with Crippen LogP contribution in [-0.2, 0) is 9.53 Å². The maximum atomic E-state index is 12.0. The van der Waals surface area contributed by atoms with Crippen molar-refractivity contribution in [2.45, 2.75) is 19.9 Å². The monoisotopic (exact) mass is 418 g/mol. The van der Waals surface area contributed by atoms with Crippen LogP contribution in [0.25, 0.3) is 16.6 Å². The Morgan fingerprint density at radius 1 is 1.23 bits per heavy atom. The second kappa shape index (κ2) is 8.35. The van der Waals surface area contributed by atoms with Crippen LogP contribution in [0.3, 0.4) is 0 Å². The number of nitro benzene ring substituents is 1. The van der Waals surface area contributed by atoms with E-state index in [-0.39, 0.29) is 11.7 Å². The lowest BCUT2D eigenvalue weighted by Crippen LogP contribution is -2.33. The van der Waals surface area contributed by atoms with Crippen LogP contribution in [-0.4, -0.2) is 27.5 Å². The molecule has 0 radical (unpaired) electrons. The SMILES string of the molecule is CCOC(=O)/C=C(/C)N1NC(c2cccc([N+](=O)[O-])c2)=C[C@@H]1c1cc2ccccc2[nH]1. The Hall–Kier alpha value is -4.07. The number of hydrazine groups is 1. The summed E-state index contributed by atoms with van der Waals surface area (Å²) in [6.45, 7) is 3.85. The van der Waals surface area contributed by atoms with Gasteiger partial charge in [-0.05, 0) is 37.4 Å². The number of hydrogen-bond acceptors (Lipinski definition) is 6. The van der Waals surface area contributed by atoms with E-state index >= 15 is 0 Å². The first kappa shape index (κ1) is 20.2. The number of nitrogens with zero attached hydrogens (tertiary/aromatic N) is 2. The Labute approximate surface area is 178 Å². The number of nitrogens with one attached hydrogen (secondary N) is 2. The van der Waals surface area contributed by atoms with E-state index < -0.39 is 10.9 Å². The fourth-order valence-corrected chi connectivity index (χ4v) is 3.63.